The highest BCUT2D eigenvalue weighted by Gasteiger charge is 2.35. The summed E-state index contributed by atoms with van der Waals surface area (Å²) in [5.41, 5.74) is 0.731. The van der Waals surface area contributed by atoms with E-state index in [1.807, 2.05) is 0 Å². The number of hydrogen-bond acceptors (Lipinski definition) is 10. The molecule has 0 fully saturated rings. The average molecular weight is 542 g/mol. The lowest BCUT2D eigenvalue weighted by Gasteiger charge is -2.32. The minimum Gasteiger partial charge on any atom is -0.508 e. The number of ether oxygens (including phenoxy) is 2. The Kier molecular flexibility index (Phi) is 5.89. The minimum atomic E-state index is -1.04. The van der Waals surface area contributed by atoms with Crippen molar-refractivity contribution in [2.45, 2.75) is 18.6 Å². The zero-order valence-electron chi connectivity index (χ0n) is 20.6. The summed E-state index contributed by atoms with van der Waals surface area (Å²) in [7, 11) is 0. The van der Waals surface area contributed by atoms with E-state index in [-0.39, 0.29) is 63.2 Å². The summed E-state index contributed by atoms with van der Waals surface area (Å²) in [6.45, 7) is 0. The predicted octanol–water partition coefficient (Wildman–Crippen LogP) is 4.82. The molecule has 5 aromatic rings. The maximum atomic E-state index is 12.7. The third-order valence-electron chi connectivity index (χ3n) is 6.69. The van der Waals surface area contributed by atoms with Crippen molar-refractivity contribution in [3.05, 3.63) is 94.1 Å². The van der Waals surface area contributed by atoms with Gasteiger partial charge in [0, 0.05) is 41.8 Å². The molecule has 1 aliphatic rings. The molecule has 10 nitrogen and oxygen atoms in total. The molecule has 40 heavy (non-hydrogen) atoms. The van der Waals surface area contributed by atoms with E-state index in [0.717, 1.165) is 6.07 Å². The van der Waals surface area contributed by atoms with E-state index in [4.69, 9.17) is 13.9 Å². The van der Waals surface area contributed by atoms with Crippen molar-refractivity contribution in [2.24, 2.45) is 0 Å². The fourth-order valence-corrected chi connectivity index (χ4v) is 4.73. The van der Waals surface area contributed by atoms with E-state index >= 15 is 0 Å². The molecule has 6 rings (SSSR count). The largest absolute Gasteiger partial charge is 0.508 e. The Bertz CT molecular complexity index is 1810. The molecule has 0 saturated heterocycles. The number of aliphatic hydroxyl groups excluding tert-OH is 1. The molecule has 2 heterocycles. The van der Waals surface area contributed by atoms with Crippen LogP contribution in [0, 0.1) is 0 Å². The summed E-state index contributed by atoms with van der Waals surface area (Å²) in [5, 5.41) is 61.9. The van der Waals surface area contributed by atoms with Crippen molar-refractivity contribution in [1.82, 2.24) is 0 Å². The lowest BCUT2D eigenvalue weighted by molar-refractivity contribution is 0.0179. The van der Waals surface area contributed by atoms with E-state index in [2.05, 4.69) is 0 Å². The highest BCUT2D eigenvalue weighted by atomic mass is 16.5. The van der Waals surface area contributed by atoms with Crippen molar-refractivity contribution >= 4 is 11.0 Å². The third kappa shape index (κ3) is 4.36. The van der Waals surface area contributed by atoms with Crippen LogP contribution in [-0.2, 0) is 6.42 Å². The van der Waals surface area contributed by atoms with Crippen molar-refractivity contribution in [2.75, 3.05) is 0 Å². The van der Waals surface area contributed by atoms with Crippen LogP contribution >= 0.6 is 0 Å². The molecule has 202 valence electrons. The Hall–Kier alpha value is -5.35. The van der Waals surface area contributed by atoms with E-state index in [0.29, 0.717) is 11.1 Å². The van der Waals surface area contributed by atoms with Gasteiger partial charge in [-0.15, -0.1) is 0 Å². The molecule has 2 atom stereocenters. The molecule has 1 aliphatic heterocycles. The van der Waals surface area contributed by atoms with Crippen molar-refractivity contribution in [1.29, 1.82) is 0 Å². The summed E-state index contributed by atoms with van der Waals surface area (Å²) < 4.78 is 17.5. The van der Waals surface area contributed by atoms with Crippen LogP contribution in [0.3, 0.4) is 0 Å². The molecule has 0 radical (unpaired) electrons. The monoisotopic (exact) mass is 542 g/mol. The number of rotatable bonds is 4. The Morgan fingerprint density at radius 1 is 0.800 bits per heavy atom. The molecule has 0 bridgehead atoms. The first-order valence-electron chi connectivity index (χ1n) is 12.2. The zero-order chi connectivity index (χ0) is 28.1. The van der Waals surface area contributed by atoms with Crippen LogP contribution in [0.4, 0.5) is 0 Å². The van der Waals surface area contributed by atoms with Crippen molar-refractivity contribution in [3.8, 4) is 57.3 Å². The number of aliphatic hydroxyl groups is 1. The normalized spacial score (nSPS) is 16.3. The van der Waals surface area contributed by atoms with Gasteiger partial charge < -0.3 is 44.5 Å². The van der Waals surface area contributed by atoms with Gasteiger partial charge in [-0.3, -0.25) is 4.79 Å². The molecule has 0 aliphatic carbocycles. The average Bonchev–Trinajstić information content (AvgIpc) is 2.92. The van der Waals surface area contributed by atoms with E-state index in [1.54, 1.807) is 24.3 Å². The van der Waals surface area contributed by atoms with Gasteiger partial charge in [0.1, 0.15) is 45.5 Å². The summed E-state index contributed by atoms with van der Waals surface area (Å²) in [6.07, 6.45) is -1.97. The second-order valence-corrected chi connectivity index (χ2v) is 9.39. The molecular formula is C30H22O10. The van der Waals surface area contributed by atoms with Crippen molar-refractivity contribution in [3.63, 3.8) is 0 Å². The maximum absolute atomic E-state index is 12.7. The molecule has 0 unspecified atom stereocenters. The Balaban J connectivity index is 1.38. The first kappa shape index (κ1) is 25.0. The summed E-state index contributed by atoms with van der Waals surface area (Å²) >= 11 is 0. The summed E-state index contributed by atoms with van der Waals surface area (Å²) in [6, 6.07) is 16.9. The van der Waals surface area contributed by atoms with Gasteiger partial charge in [-0.1, -0.05) is 12.1 Å². The van der Waals surface area contributed by atoms with E-state index in [9.17, 15) is 35.4 Å². The van der Waals surface area contributed by atoms with Crippen LogP contribution in [-0.4, -0.2) is 36.7 Å². The quantitative estimate of drug-likeness (QED) is 0.173. The zero-order valence-corrected chi connectivity index (χ0v) is 20.6. The van der Waals surface area contributed by atoms with Crippen molar-refractivity contribution < 1.29 is 44.5 Å². The van der Waals surface area contributed by atoms with Crippen LogP contribution in [0.5, 0.6) is 46.0 Å². The number of hydrogen-bond donors (Lipinski definition) is 6. The Labute approximate surface area is 225 Å². The van der Waals surface area contributed by atoms with Gasteiger partial charge in [-0.25, -0.2) is 0 Å². The van der Waals surface area contributed by atoms with Gasteiger partial charge in [-0.05, 0) is 42.0 Å². The Morgan fingerprint density at radius 2 is 1.48 bits per heavy atom. The maximum Gasteiger partial charge on any atom is 0.202 e. The standard InChI is InChI=1S/C30H22O10/c31-16-5-1-14(2-6-16)24-13-22(35)27-21(34)9-18(10-25(27)39-24)38-26-12-20(33)19-11-23(36)29(40-30(19)28(26)37)15-3-7-17(32)8-4-15/h1-10,12-13,23,29,31-34,36-37H,11H2/t23-,29+/m1/s1. The fourth-order valence-electron chi connectivity index (χ4n) is 4.73. The number of fused-ring (bicyclic) bond motifs is 2. The predicted molar refractivity (Wildman–Crippen MR) is 142 cm³/mol. The van der Waals surface area contributed by atoms with E-state index < -0.39 is 29.1 Å². The number of phenols is 5. The van der Waals surface area contributed by atoms with Gasteiger partial charge >= 0.3 is 0 Å². The number of benzene rings is 4. The molecule has 0 amide bonds. The molecule has 0 spiro atoms. The van der Waals surface area contributed by atoms with E-state index in [1.165, 1.54) is 42.5 Å². The smallest absolute Gasteiger partial charge is 0.202 e. The number of phenolic OH excluding ortho intramolecular Hbond substituents is 5. The lowest BCUT2D eigenvalue weighted by atomic mass is 9.93. The molecular weight excluding hydrogens is 520 g/mol. The van der Waals surface area contributed by atoms with Gasteiger partial charge in [0.15, 0.2) is 23.0 Å². The van der Waals surface area contributed by atoms with Crippen LogP contribution in [0.15, 0.2) is 82.0 Å². The topological polar surface area (TPSA) is 170 Å². The first-order valence-corrected chi connectivity index (χ1v) is 12.2. The molecule has 10 heteroatoms. The van der Waals surface area contributed by atoms with Crippen LogP contribution in [0.25, 0.3) is 22.3 Å². The highest BCUT2D eigenvalue weighted by molar-refractivity contribution is 5.86. The van der Waals surface area contributed by atoms with Crippen LogP contribution < -0.4 is 14.9 Å². The van der Waals surface area contributed by atoms with Crippen LogP contribution in [0.1, 0.15) is 17.2 Å². The van der Waals surface area contributed by atoms with Gasteiger partial charge in [0.05, 0.1) is 6.10 Å². The fraction of sp³-hybridized carbons (Fsp3) is 0.100. The highest BCUT2D eigenvalue weighted by Crippen LogP contribution is 2.51. The summed E-state index contributed by atoms with van der Waals surface area (Å²) in [4.78, 5) is 12.7. The van der Waals surface area contributed by atoms with Crippen LogP contribution in [0.2, 0.25) is 0 Å². The Morgan fingerprint density at radius 3 is 2.17 bits per heavy atom. The third-order valence-corrected chi connectivity index (χ3v) is 6.69. The molecule has 0 saturated carbocycles. The first-order chi connectivity index (χ1) is 19.2. The molecule has 4 aromatic carbocycles. The van der Waals surface area contributed by atoms with Gasteiger partial charge in [0.2, 0.25) is 5.75 Å². The summed E-state index contributed by atoms with van der Waals surface area (Å²) in [5.74, 6) is -1.23. The second-order valence-electron chi connectivity index (χ2n) is 9.39. The van der Waals surface area contributed by atoms with Gasteiger partial charge in [-0.2, -0.15) is 0 Å². The SMILES string of the molecule is O=c1cc(-c2ccc(O)cc2)oc2cc(Oc3cc(O)c4c(c3O)O[C@@H](c3ccc(O)cc3)[C@H](O)C4)cc(O)c12. The number of aromatic hydroxyl groups is 5. The lowest BCUT2D eigenvalue weighted by Crippen LogP contribution is -2.30. The van der Waals surface area contributed by atoms with Gasteiger partial charge in [0.25, 0.3) is 0 Å². The minimum absolute atomic E-state index is 0.000914. The molecule has 1 aromatic heterocycles. The molecule has 6 N–H and O–H groups in total. The second kappa shape index (κ2) is 9.44.